The number of aliphatic carboxylic acids is 2. The van der Waals surface area contributed by atoms with E-state index in [-0.39, 0.29) is 78.7 Å². The Morgan fingerprint density at radius 2 is 1.67 bits per heavy atom. The molecule has 0 aromatic heterocycles. The molecule has 0 spiro atoms. The topological polar surface area (TPSA) is 327 Å². The van der Waals surface area contributed by atoms with Crippen LogP contribution >= 0.6 is 0 Å². The molecule has 15 atom stereocenters. The maximum atomic E-state index is 12.5. The van der Waals surface area contributed by atoms with Gasteiger partial charge in [-0.15, -0.1) is 0 Å². The van der Waals surface area contributed by atoms with Crippen LogP contribution in [0.2, 0.25) is 0 Å². The summed E-state index contributed by atoms with van der Waals surface area (Å²) in [6.45, 7) is -0.131. The Balaban J connectivity index is 0.00000576. The number of aliphatic hydroxyl groups is 8. The van der Waals surface area contributed by atoms with Crippen LogP contribution in [0.3, 0.4) is 0 Å². The molecule has 48 heavy (non-hydrogen) atoms. The largest absolute Gasteiger partial charge is 1.00 e. The van der Waals surface area contributed by atoms with Crippen molar-refractivity contribution in [1.29, 1.82) is 0 Å². The molecule has 0 saturated carbocycles. The first kappa shape index (κ1) is 45.9. The number of nitrogens with one attached hydrogen (secondary N) is 1. The first-order valence-electron chi connectivity index (χ1n) is 14.5. The van der Waals surface area contributed by atoms with Crippen molar-refractivity contribution in [3.05, 3.63) is 0 Å². The molecule has 266 valence electrons. The number of hydrogen-bond acceptors (Lipinski definition) is 19. The van der Waals surface area contributed by atoms with Crippen LogP contribution < -0.4 is 74.6 Å². The number of carboxylic acid groups (broad SMARTS) is 2. The summed E-state index contributed by atoms with van der Waals surface area (Å²) in [6.07, 6.45) is -23.5. The molecule has 1 amide bonds. The van der Waals surface area contributed by atoms with E-state index in [0.29, 0.717) is 0 Å². The summed E-state index contributed by atoms with van der Waals surface area (Å²) in [5, 5.41) is 109. The molecule has 0 aromatic rings. The van der Waals surface area contributed by atoms with Gasteiger partial charge in [-0.1, -0.05) is 0 Å². The zero-order valence-corrected chi connectivity index (χ0v) is 30.9. The SMILES string of the molecule is CC(=O)N[C@H]1[C@H]([C@@H](O)[C@H](O)CO)O[C@@](O[C@H]2[C@@H](O)[C@@H](CO)O[C@@H](O[C@@H]3CCO[C@H](CO[C@@H](C)C(=O)[O-])[C@@H]3O)[C@@H]2O)(C(=O)[O-])C[C@@H]1O.[Na+].[Na+]. The van der Waals surface area contributed by atoms with Gasteiger partial charge in [-0.3, -0.25) is 4.79 Å². The van der Waals surface area contributed by atoms with Crippen LogP contribution in [0, 0.1) is 0 Å². The monoisotopic (exact) mass is 717 g/mol. The summed E-state index contributed by atoms with van der Waals surface area (Å²) in [6, 6.07) is -1.54. The van der Waals surface area contributed by atoms with E-state index in [0.717, 1.165) is 6.92 Å². The number of aliphatic hydroxyl groups excluding tert-OH is 8. The number of carboxylic acids is 2. The van der Waals surface area contributed by atoms with Crippen LogP contribution in [-0.2, 0) is 42.8 Å². The van der Waals surface area contributed by atoms with Gasteiger partial charge < -0.3 is 94.4 Å². The van der Waals surface area contributed by atoms with Gasteiger partial charge in [-0.2, -0.15) is 0 Å². The molecule has 3 aliphatic rings. The first-order valence-corrected chi connectivity index (χ1v) is 14.5. The Morgan fingerprint density at radius 3 is 2.21 bits per heavy atom. The molecule has 0 radical (unpaired) electrons. The first-order chi connectivity index (χ1) is 21.6. The number of carbonyl (C=O) groups excluding carboxylic acids is 3. The molecule has 0 bridgehead atoms. The van der Waals surface area contributed by atoms with Gasteiger partial charge in [0.15, 0.2) is 6.29 Å². The van der Waals surface area contributed by atoms with Crippen LogP contribution in [0.25, 0.3) is 0 Å². The summed E-state index contributed by atoms with van der Waals surface area (Å²) in [4.78, 5) is 35.2. The Kier molecular flexibility index (Phi) is 19.3. The van der Waals surface area contributed by atoms with Crippen molar-refractivity contribution in [2.75, 3.05) is 26.4 Å². The van der Waals surface area contributed by atoms with E-state index < -0.39 is 129 Å². The molecule has 0 unspecified atom stereocenters. The fraction of sp³-hybridized carbons (Fsp3) is 0.885. The third-order valence-corrected chi connectivity index (χ3v) is 7.97. The van der Waals surface area contributed by atoms with Crippen molar-refractivity contribution >= 4 is 17.8 Å². The number of amides is 1. The van der Waals surface area contributed by atoms with Crippen molar-refractivity contribution in [2.24, 2.45) is 0 Å². The molecule has 3 heterocycles. The van der Waals surface area contributed by atoms with Crippen molar-refractivity contribution < 1.29 is 153 Å². The average molecular weight is 718 g/mol. The summed E-state index contributed by atoms with van der Waals surface area (Å²) in [5.41, 5.74) is 0. The molecular weight excluding hydrogens is 676 g/mol. The zero-order chi connectivity index (χ0) is 34.5. The number of ether oxygens (including phenoxy) is 6. The third-order valence-electron chi connectivity index (χ3n) is 7.97. The van der Waals surface area contributed by atoms with Gasteiger partial charge >= 0.3 is 59.1 Å². The molecule has 3 aliphatic heterocycles. The van der Waals surface area contributed by atoms with Gasteiger partial charge in [0, 0.05) is 20.0 Å². The van der Waals surface area contributed by atoms with Crippen LogP contribution in [0.5, 0.6) is 0 Å². The summed E-state index contributed by atoms with van der Waals surface area (Å²) in [5.74, 6) is -7.51. The van der Waals surface area contributed by atoms with Gasteiger partial charge in [0.05, 0.1) is 50.1 Å². The summed E-state index contributed by atoms with van der Waals surface area (Å²) in [7, 11) is 0. The standard InChI is InChI=1S/C26H43NO19.2Na/c1-9(23(37)38)42-8-15-18(34)13(3-4-41-15)43-24-20(36)22(19(35)14(7-29)44-24)46-26(25(39)40)5-11(31)16(27-10(2)30)21(45-26)17(33)12(32)6-28;;/h9,11-22,24,28-29,31-36H,3-8H2,1-2H3,(H,27,30)(H,37,38)(H,39,40);;/q;2*+1/p-2/t9-,11-,12+,13+,14+,15+,16+,17-,18+,19-,20+,21+,22-,24+,26-;;/m0../s1. The van der Waals surface area contributed by atoms with Crippen molar-refractivity contribution in [3.63, 3.8) is 0 Å². The Bertz CT molecular complexity index is 1050. The van der Waals surface area contributed by atoms with Crippen molar-refractivity contribution in [3.8, 4) is 0 Å². The summed E-state index contributed by atoms with van der Waals surface area (Å²) < 4.78 is 32.8. The second-order valence-corrected chi connectivity index (χ2v) is 11.3. The second kappa shape index (κ2) is 20.2. The molecule has 3 fully saturated rings. The molecule has 0 aromatic carbocycles. The van der Waals surface area contributed by atoms with Crippen molar-refractivity contribution in [2.45, 2.75) is 118 Å². The zero-order valence-electron chi connectivity index (χ0n) is 26.9. The molecular formula is C26H41NNa2O19. The molecule has 20 nitrogen and oxygen atoms in total. The van der Waals surface area contributed by atoms with E-state index >= 15 is 0 Å². The molecule has 3 saturated heterocycles. The predicted molar refractivity (Wildman–Crippen MR) is 138 cm³/mol. The summed E-state index contributed by atoms with van der Waals surface area (Å²) >= 11 is 0. The van der Waals surface area contributed by atoms with Crippen LogP contribution in [0.15, 0.2) is 0 Å². The van der Waals surface area contributed by atoms with Crippen molar-refractivity contribution in [1.82, 2.24) is 5.32 Å². The normalized spacial score (nSPS) is 38.8. The van der Waals surface area contributed by atoms with E-state index in [4.69, 9.17) is 28.4 Å². The van der Waals surface area contributed by atoms with E-state index in [2.05, 4.69) is 5.32 Å². The predicted octanol–water partition coefficient (Wildman–Crippen LogP) is -14.7. The van der Waals surface area contributed by atoms with Gasteiger partial charge in [0.1, 0.15) is 60.9 Å². The molecule has 3 rings (SSSR count). The van der Waals surface area contributed by atoms with E-state index in [1.165, 1.54) is 6.92 Å². The molecule has 22 heteroatoms. The minimum absolute atomic E-state index is 0. The van der Waals surface area contributed by atoms with Crippen LogP contribution in [0.1, 0.15) is 26.7 Å². The average Bonchev–Trinajstić information content (AvgIpc) is 3.00. The Morgan fingerprint density at radius 1 is 1.02 bits per heavy atom. The van der Waals surface area contributed by atoms with E-state index in [1.54, 1.807) is 0 Å². The van der Waals surface area contributed by atoms with Gasteiger partial charge in [-0.05, 0) is 13.3 Å². The fourth-order valence-corrected chi connectivity index (χ4v) is 5.38. The number of rotatable bonds is 14. The minimum atomic E-state index is -3.08. The minimum Gasteiger partial charge on any atom is -0.547 e. The molecule has 0 aliphatic carbocycles. The van der Waals surface area contributed by atoms with Gasteiger partial charge in [0.2, 0.25) is 11.7 Å². The van der Waals surface area contributed by atoms with E-state index in [9.17, 15) is 65.4 Å². The third kappa shape index (κ3) is 10.9. The van der Waals surface area contributed by atoms with E-state index in [1.807, 2.05) is 0 Å². The Hall–Kier alpha value is -0.150. The fourth-order valence-electron chi connectivity index (χ4n) is 5.38. The quantitative estimate of drug-likeness (QED) is 0.0753. The number of hydrogen-bond donors (Lipinski definition) is 9. The van der Waals surface area contributed by atoms with Gasteiger partial charge in [-0.25, -0.2) is 0 Å². The van der Waals surface area contributed by atoms with Crippen LogP contribution in [-0.4, -0.2) is 176 Å². The maximum absolute atomic E-state index is 12.5. The Labute approximate surface area is 318 Å². The smallest absolute Gasteiger partial charge is 0.547 e. The second-order valence-electron chi connectivity index (χ2n) is 11.3. The molecule has 9 N–H and O–H groups in total. The van der Waals surface area contributed by atoms with Crippen LogP contribution in [0.4, 0.5) is 0 Å². The maximum Gasteiger partial charge on any atom is 1.00 e. The number of carbonyl (C=O) groups is 3. The van der Waals surface area contributed by atoms with Gasteiger partial charge in [0.25, 0.3) is 0 Å².